The zero-order valence-electron chi connectivity index (χ0n) is 14.2. The number of likely N-dealkylation sites (N-methyl/N-ethyl adjacent to an activating group) is 1. The van der Waals surface area contributed by atoms with Crippen LogP contribution in [-0.2, 0) is 11.2 Å². The number of nitrogens with one attached hydrogen (secondary N) is 2. The van der Waals surface area contributed by atoms with Gasteiger partial charge >= 0.3 is 0 Å². The van der Waals surface area contributed by atoms with Gasteiger partial charge in [-0.15, -0.1) is 24.8 Å². The summed E-state index contributed by atoms with van der Waals surface area (Å²) in [6.07, 6.45) is 5.96. The summed E-state index contributed by atoms with van der Waals surface area (Å²) in [5.41, 5.74) is 1.38. The topological polar surface area (TPSA) is 57.3 Å². The van der Waals surface area contributed by atoms with E-state index in [2.05, 4.69) is 15.6 Å². The number of rotatable bonds is 4. The Balaban J connectivity index is 0.00000144. The minimum atomic E-state index is -0.00756. The summed E-state index contributed by atoms with van der Waals surface area (Å²) in [6.45, 7) is 3.87. The van der Waals surface area contributed by atoms with Crippen LogP contribution in [0.15, 0.2) is 24.4 Å². The zero-order valence-corrected chi connectivity index (χ0v) is 15.8. The van der Waals surface area contributed by atoms with Crippen LogP contribution in [0, 0.1) is 5.41 Å². The van der Waals surface area contributed by atoms with Crippen LogP contribution >= 0.6 is 24.8 Å². The third-order valence-corrected chi connectivity index (χ3v) is 5.13. The fourth-order valence-corrected chi connectivity index (χ4v) is 3.63. The number of hydrogen-bond donors (Lipinski definition) is 2. The molecule has 2 N–H and O–H groups in total. The zero-order chi connectivity index (χ0) is 15.4. The molecule has 1 aromatic heterocycles. The second kappa shape index (κ2) is 9.56. The number of aromatic nitrogens is 1. The maximum Gasteiger partial charge on any atom is 0.239 e. The molecule has 24 heavy (non-hydrogen) atoms. The third-order valence-electron chi connectivity index (χ3n) is 5.13. The van der Waals surface area contributed by atoms with E-state index in [1.165, 1.54) is 12.8 Å². The molecule has 3 heterocycles. The lowest BCUT2D eigenvalue weighted by atomic mass is 9.77. The van der Waals surface area contributed by atoms with Crippen molar-refractivity contribution >= 4 is 30.7 Å². The molecular formula is C17H28Cl2N4O. The minimum absolute atomic E-state index is 0. The van der Waals surface area contributed by atoms with Crippen molar-refractivity contribution in [1.82, 2.24) is 20.5 Å². The Morgan fingerprint density at radius 2 is 2.08 bits per heavy atom. The smallest absolute Gasteiger partial charge is 0.239 e. The van der Waals surface area contributed by atoms with Gasteiger partial charge < -0.3 is 15.5 Å². The lowest BCUT2D eigenvalue weighted by Gasteiger charge is -2.33. The lowest BCUT2D eigenvalue weighted by Crippen LogP contribution is -2.42. The van der Waals surface area contributed by atoms with Gasteiger partial charge in [0, 0.05) is 38.4 Å². The molecule has 136 valence electrons. The number of halogens is 2. The molecule has 0 aromatic carbocycles. The van der Waals surface area contributed by atoms with Crippen molar-refractivity contribution in [2.45, 2.75) is 31.7 Å². The van der Waals surface area contributed by atoms with Crippen molar-refractivity contribution in [2.75, 3.05) is 33.2 Å². The Morgan fingerprint density at radius 3 is 2.75 bits per heavy atom. The number of carbonyl (C=O) groups is 1. The summed E-state index contributed by atoms with van der Waals surface area (Å²) in [4.78, 5) is 18.8. The molecule has 0 aliphatic carbocycles. The molecule has 1 atom stereocenters. The number of pyridine rings is 1. The van der Waals surface area contributed by atoms with E-state index in [1.807, 2.05) is 30.1 Å². The van der Waals surface area contributed by atoms with Crippen LogP contribution in [0.1, 0.15) is 25.0 Å². The maximum atomic E-state index is 12.6. The van der Waals surface area contributed by atoms with E-state index in [1.54, 1.807) is 6.20 Å². The Bertz CT molecular complexity index is 509. The molecule has 2 fully saturated rings. The molecule has 1 spiro atoms. The fraction of sp³-hybridized carbons (Fsp3) is 0.647. The van der Waals surface area contributed by atoms with Crippen molar-refractivity contribution in [2.24, 2.45) is 5.41 Å². The fourth-order valence-electron chi connectivity index (χ4n) is 3.63. The highest BCUT2D eigenvalue weighted by Crippen LogP contribution is 2.37. The molecule has 1 aromatic rings. The average molecular weight is 375 g/mol. The Hall–Kier alpha value is -0.880. The van der Waals surface area contributed by atoms with Crippen LogP contribution in [-0.4, -0.2) is 55.1 Å². The van der Waals surface area contributed by atoms with Gasteiger partial charge in [-0.25, -0.2) is 0 Å². The van der Waals surface area contributed by atoms with Crippen LogP contribution in [0.3, 0.4) is 0 Å². The van der Waals surface area contributed by atoms with Gasteiger partial charge in [-0.1, -0.05) is 6.07 Å². The molecule has 7 heteroatoms. The quantitative estimate of drug-likeness (QED) is 0.841. The van der Waals surface area contributed by atoms with Crippen molar-refractivity contribution in [3.05, 3.63) is 30.1 Å². The maximum absolute atomic E-state index is 12.6. The van der Waals surface area contributed by atoms with Crippen molar-refractivity contribution in [3.63, 3.8) is 0 Å². The van der Waals surface area contributed by atoms with E-state index >= 15 is 0 Å². The van der Waals surface area contributed by atoms with Crippen molar-refractivity contribution in [1.29, 1.82) is 0 Å². The lowest BCUT2D eigenvalue weighted by molar-refractivity contribution is -0.131. The number of nitrogens with zero attached hydrogens (tertiary/aromatic N) is 2. The average Bonchev–Trinajstić information content (AvgIpc) is 2.97. The molecular weight excluding hydrogens is 347 g/mol. The van der Waals surface area contributed by atoms with Gasteiger partial charge in [0.05, 0.1) is 6.04 Å². The van der Waals surface area contributed by atoms with Gasteiger partial charge in [0.2, 0.25) is 5.91 Å². The van der Waals surface area contributed by atoms with E-state index in [4.69, 9.17) is 0 Å². The highest BCUT2D eigenvalue weighted by molar-refractivity contribution is 5.85. The molecule has 0 radical (unpaired) electrons. The standard InChI is InChI=1S/C17H26N4O.2ClH/c1-21(11-5-14-4-2-3-8-19-14)16(22)15-12-17(13-20-15)6-9-18-10-7-17;;/h2-4,8,15,18,20H,5-7,9-13H2,1H3;2*1H. The normalized spacial score (nSPS) is 21.6. The van der Waals surface area contributed by atoms with E-state index in [0.717, 1.165) is 44.7 Å². The first-order chi connectivity index (χ1) is 10.7. The number of hydrogen-bond acceptors (Lipinski definition) is 4. The summed E-state index contributed by atoms with van der Waals surface area (Å²) >= 11 is 0. The number of piperidine rings is 1. The summed E-state index contributed by atoms with van der Waals surface area (Å²) in [7, 11) is 1.90. The number of amides is 1. The molecule has 0 saturated carbocycles. The van der Waals surface area contributed by atoms with Gasteiger partial charge in [-0.3, -0.25) is 9.78 Å². The molecule has 2 saturated heterocycles. The molecule has 3 rings (SSSR count). The molecule has 1 unspecified atom stereocenters. The van der Waals surface area contributed by atoms with E-state index in [-0.39, 0.29) is 36.8 Å². The van der Waals surface area contributed by atoms with E-state index < -0.39 is 0 Å². The van der Waals surface area contributed by atoms with Crippen molar-refractivity contribution < 1.29 is 4.79 Å². The molecule has 5 nitrogen and oxygen atoms in total. The van der Waals surface area contributed by atoms with E-state index in [9.17, 15) is 4.79 Å². The van der Waals surface area contributed by atoms with Gasteiger partial charge in [0.15, 0.2) is 0 Å². The molecule has 0 bridgehead atoms. The van der Waals surface area contributed by atoms with Gasteiger partial charge in [0.25, 0.3) is 0 Å². The first-order valence-electron chi connectivity index (χ1n) is 8.28. The highest BCUT2D eigenvalue weighted by Gasteiger charge is 2.42. The minimum Gasteiger partial charge on any atom is -0.344 e. The van der Waals surface area contributed by atoms with Crippen LogP contribution in [0.4, 0.5) is 0 Å². The summed E-state index contributed by atoms with van der Waals surface area (Å²) < 4.78 is 0. The predicted molar refractivity (Wildman–Crippen MR) is 101 cm³/mol. The highest BCUT2D eigenvalue weighted by atomic mass is 35.5. The van der Waals surface area contributed by atoms with Crippen LogP contribution in [0.25, 0.3) is 0 Å². The monoisotopic (exact) mass is 374 g/mol. The van der Waals surface area contributed by atoms with Gasteiger partial charge in [0.1, 0.15) is 0 Å². The largest absolute Gasteiger partial charge is 0.344 e. The Kier molecular flexibility index (Phi) is 8.43. The van der Waals surface area contributed by atoms with E-state index in [0.29, 0.717) is 5.41 Å². The van der Waals surface area contributed by atoms with Gasteiger partial charge in [-0.2, -0.15) is 0 Å². The number of carbonyl (C=O) groups excluding carboxylic acids is 1. The molecule has 2 aliphatic rings. The van der Waals surface area contributed by atoms with Crippen LogP contribution in [0.2, 0.25) is 0 Å². The summed E-state index contributed by atoms with van der Waals surface area (Å²) in [6, 6.07) is 5.91. The summed E-state index contributed by atoms with van der Waals surface area (Å²) in [5, 5.41) is 6.87. The van der Waals surface area contributed by atoms with Crippen molar-refractivity contribution in [3.8, 4) is 0 Å². The molecule has 2 aliphatic heterocycles. The Morgan fingerprint density at radius 1 is 1.33 bits per heavy atom. The SMILES string of the molecule is CN(CCc1ccccn1)C(=O)C1CC2(CCNCC2)CN1.Cl.Cl. The molecule has 1 amide bonds. The van der Waals surface area contributed by atoms with Crippen LogP contribution in [0.5, 0.6) is 0 Å². The summed E-state index contributed by atoms with van der Waals surface area (Å²) in [5.74, 6) is 0.228. The first-order valence-corrected chi connectivity index (χ1v) is 8.28. The third kappa shape index (κ3) is 5.06. The first kappa shape index (κ1) is 21.2. The Labute approximate surface area is 156 Å². The predicted octanol–water partition coefficient (Wildman–Crippen LogP) is 1.66. The van der Waals surface area contributed by atoms with Gasteiger partial charge in [-0.05, 0) is 49.9 Å². The van der Waals surface area contributed by atoms with Crippen LogP contribution < -0.4 is 10.6 Å². The second-order valence-corrected chi connectivity index (χ2v) is 6.72. The second-order valence-electron chi connectivity index (χ2n) is 6.72.